The van der Waals surface area contributed by atoms with Gasteiger partial charge in [-0.1, -0.05) is 12.1 Å². The Morgan fingerprint density at radius 3 is 2.83 bits per heavy atom. The number of nitrogens with one attached hydrogen (secondary N) is 1. The standard InChI is InChI=1S/C17H25NO4S2/c1-12-4-5-13(2)16(10-12)22-7-8-23-14(3)17(19)18-15-6-9-24(20,21)11-15/h4-5,10,14-15H,6-9,11H2,1-3H3,(H,18,19)/t14-,15-/m0/s1. The van der Waals surface area contributed by atoms with Crippen LogP contribution in [-0.4, -0.2) is 49.5 Å². The van der Waals surface area contributed by atoms with Gasteiger partial charge >= 0.3 is 0 Å². The van der Waals surface area contributed by atoms with Crippen molar-refractivity contribution >= 4 is 27.5 Å². The first-order valence-electron chi connectivity index (χ1n) is 8.09. The fourth-order valence-corrected chi connectivity index (χ4v) is 4.97. The summed E-state index contributed by atoms with van der Waals surface area (Å²) in [5.41, 5.74) is 2.25. The van der Waals surface area contributed by atoms with Crippen molar-refractivity contribution in [3.05, 3.63) is 29.3 Å². The van der Waals surface area contributed by atoms with E-state index in [0.717, 1.165) is 16.9 Å². The molecule has 1 saturated heterocycles. The average molecular weight is 372 g/mol. The van der Waals surface area contributed by atoms with Gasteiger partial charge in [0.1, 0.15) is 5.75 Å². The minimum Gasteiger partial charge on any atom is -0.492 e. The molecule has 0 radical (unpaired) electrons. The molecule has 2 rings (SSSR count). The van der Waals surface area contributed by atoms with E-state index in [2.05, 4.69) is 5.32 Å². The van der Waals surface area contributed by atoms with E-state index in [-0.39, 0.29) is 28.7 Å². The second-order valence-corrected chi connectivity index (χ2v) is 9.92. The van der Waals surface area contributed by atoms with Gasteiger partial charge in [0.05, 0.1) is 23.4 Å². The number of hydrogen-bond donors (Lipinski definition) is 1. The number of sulfone groups is 1. The van der Waals surface area contributed by atoms with Gasteiger partial charge in [-0.15, -0.1) is 11.8 Å². The molecule has 2 atom stereocenters. The van der Waals surface area contributed by atoms with Gasteiger partial charge in [-0.3, -0.25) is 4.79 Å². The first kappa shape index (κ1) is 19.1. The minimum atomic E-state index is -2.97. The highest BCUT2D eigenvalue weighted by Crippen LogP contribution is 2.20. The van der Waals surface area contributed by atoms with Crippen LogP contribution in [0.5, 0.6) is 5.75 Å². The maximum Gasteiger partial charge on any atom is 0.233 e. The van der Waals surface area contributed by atoms with Crippen molar-refractivity contribution in [2.75, 3.05) is 23.9 Å². The number of ether oxygens (including phenoxy) is 1. The molecule has 1 fully saturated rings. The van der Waals surface area contributed by atoms with Crippen molar-refractivity contribution in [1.29, 1.82) is 0 Å². The Bertz CT molecular complexity index is 688. The normalized spacial score (nSPS) is 20.5. The predicted molar refractivity (Wildman–Crippen MR) is 98.5 cm³/mol. The van der Waals surface area contributed by atoms with Crippen LogP contribution in [0.1, 0.15) is 24.5 Å². The van der Waals surface area contributed by atoms with Crippen molar-refractivity contribution < 1.29 is 17.9 Å². The Morgan fingerprint density at radius 1 is 1.42 bits per heavy atom. The Hall–Kier alpha value is -1.21. The lowest BCUT2D eigenvalue weighted by atomic mass is 10.1. The van der Waals surface area contributed by atoms with Crippen LogP contribution in [0.15, 0.2) is 18.2 Å². The van der Waals surface area contributed by atoms with Gasteiger partial charge in [0.2, 0.25) is 5.91 Å². The molecule has 1 aliphatic rings. The number of aryl methyl sites for hydroxylation is 2. The quantitative estimate of drug-likeness (QED) is 0.743. The van der Waals surface area contributed by atoms with Gasteiger partial charge in [0, 0.05) is 11.8 Å². The van der Waals surface area contributed by atoms with Crippen molar-refractivity contribution in [3.8, 4) is 5.75 Å². The van der Waals surface area contributed by atoms with Gasteiger partial charge in [0.15, 0.2) is 9.84 Å². The maximum absolute atomic E-state index is 12.1. The molecule has 24 heavy (non-hydrogen) atoms. The van der Waals surface area contributed by atoms with E-state index < -0.39 is 9.84 Å². The molecule has 1 heterocycles. The molecule has 134 valence electrons. The third-order valence-electron chi connectivity index (χ3n) is 4.00. The molecule has 0 saturated carbocycles. The molecule has 0 spiro atoms. The molecule has 1 amide bonds. The molecule has 0 aromatic heterocycles. The predicted octanol–water partition coefficient (Wildman–Crippen LogP) is 2.11. The van der Waals surface area contributed by atoms with Crippen LogP contribution in [0.2, 0.25) is 0 Å². The Morgan fingerprint density at radius 2 is 2.17 bits per heavy atom. The van der Waals surface area contributed by atoms with Crippen LogP contribution in [-0.2, 0) is 14.6 Å². The zero-order valence-corrected chi connectivity index (χ0v) is 16.0. The summed E-state index contributed by atoms with van der Waals surface area (Å²) < 4.78 is 28.6. The lowest BCUT2D eigenvalue weighted by molar-refractivity contribution is -0.120. The first-order chi connectivity index (χ1) is 11.3. The highest BCUT2D eigenvalue weighted by Gasteiger charge is 2.29. The van der Waals surface area contributed by atoms with Crippen LogP contribution in [0.4, 0.5) is 0 Å². The monoisotopic (exact) mass is 371 g/mol. The molecule has 1 aliphatic heterocycles. The first-order valence-corrected chi connectivity index (χ1v) is 11.0. The molecule has 1 aromatic rings. The fraction of sp³-hybridized carbons (Fsp3) is 0.588. The molecule has 0 unspecified atom stereocenters. The SMILES string of the molecule is Cc1ccc(C)c(OCCS[C@@H](C)C(=O)N[C@H]2CCS(=O)(=O)C2)c1. The second kappa shape index (κ2) is 8.25. The zero-order valence-electron chi connectivity index (χ0n) is 14.4. The summed E-state index contributed by atoms with van der Waals surface area (Å²) in [4.78, 5) is 12.1. The molecular weight excluding hydrogens is 346 g/mol. The third kappa shape index (κ3) is 5.70. The van der Waals surface area contributed by atoms with Crippen LogP contribution >= 0.6 is 11.8 Å². The third-order valence-corrected chi connectivity index (χ3v) is 6.88. The molecular formula is C17H25NO4S2. The van der Waals surface area contributed by atoms with Gasteiger partial charge in [-0.25, -0.2) is 8.42 Å². The number of carbonyl (C=O) groups excluding carboxylic acids is 1. The van der Waals surface area contributed by atoms with Crippen molar-refractivity contribution in [1.82, 2.24) is 5.32 Å². The molecule has 0 aliphatic carbocycles. The summed E-state index contributed by atoms with van der Waals surface area (Å²) in [7, 11) is -2.97. The van der Waals surface area contributed by atoms with Gasteiger partial charge in [0.25, 0.3) is 0 Å². The van der Waals surface area contributed by atoms with E-state index in [0.29, 0.717) is 18.8 Å². The molecule has 7 heteroatoms. The lowest BCUT2D eigenvalue weighted by Gasteiger charge is -2.16. The molecule has 0 bridgehead atoms. The van der Waals surface area contributed by atoms with Crippen LogP contribution in [0.3, 0.4) is 0 Å². The molecule has 1 aromatic carbocycles. The summed E-state index contributed by atoms with van der Waals surface area (Å²) in [6.07, 6.45) is 0.515. The largest absolute Gasteiger partial charge is 0.492 e. The lowest BCUT2D eigenvalue weighted by Crippen LogP contribution is -2.40. The minimum absolute atomic E-state index is 0.0614. The van der Waals surface area contributed by atoms with E-state index in [9.17, 15) is 13.2 Å². The van der Waals surface area contributed by atoms with E-state index in [1.165, 1.54) is 11.8 Å². The number of benzene rings is 1. The van der Waals surface area contributed by atoms with Crippen molar-refractivity contribution in [2.24, 2.45) is 0 Å². The maximum atomic E-state index is 12.1. The van der Waals surface area contributed by atoms with Crippen LogP contribution in [0, 0.1) is 13.8 Å². The van der Waals surface area contributed by atoms with E-state index >= 15 is 0 Å². The van der Waals surface area contributed by atoms with Crippen LogP contribution < -0.4 is 10.1 Å². The van der Waals surface area contributed by atoms with E-state index in [1.807, 2.05) is 39.0 Å². The zero-order chi connectivity index (χ0) is 17.7. The molecule has 5 nitrogen and oxygen atoms in total. The number of amides is 1. The topological polar surface area (TPSA) is 72.5 Å². The summed E-state index contributed by atoms with van der Waals surface area (Å²) in [6.45, 7) is 6.40. The smallest absolute Gasteiger partial charge is 0.233 e. The Kier molecular flexibility index (Phi) is 6.57. The highest BCUT2D eigenvalue weighted by atomic mass is 32.2. The van der Waals surface area contributed by atoms with Gasteiger partial charge in [-0.2, -0.15) is 0 Å². The van der Waals surface area contributed by atoms with Crippen molar-refractivity contribution in [2.45, 2.75) is 38.5 Å². The number of carbonyl (C=O) groups is 1. The highest BCUT2D eigenvalue weighted by molar-refractivity contribution is 8.00. The van der Waals surface area contributed by atoms with E-state index in [1.54, 1.807) is 0 Å². The molecule has 1 N–H and O–H groups in total. The fourth-order valence-electron chi connectivity index (χ4n) is 2.54. The van der Waals surface area contributed by atoms with Gasteiger partial charge < -0.3 is 10.1 Å². The van der Waals surface area contributed by atoms with Crippen molar-refractivity contribution in [3.63, 3.8) is 0 Å². The number of rotatable bonds is 7. The summed E-state index contributed by atoms with van der Waals surface area (Å²) >= 11 is 1.51. The second-order valence-electron chi connectivity index (χ2n) is 6.24. The van der Waals surface area contributed by atoms with Gasteiger partial charge in [-0.05, 0) is 44.4 Å². The summed E-state index contributed by atoms with van der Waals surface area (Å²) in [6, 6.07) is 5.85. The number of hydrogen-bond acceptors (Lipinski definition) is 5. The Balaban J connectivity index is 1.70. The summed E-state index contributed by atoms with van der Waals surface area (Å²) in [5.74, 6) is 1.71. The Labute approximate surface area is 148 Å². The number of thioether (sulfide) groups is 1. The van der Waals surface area contributed by atoms with E-state index in [4.69, 9.17) is 4.74 Å². The van der Waals surface area contributed by atoms with Crippen LogP contribution in [0.25, 0.3) is 0 Å². The summed E-state index contributed by atoms with van der Waals surface area (Å²) in [5, 5.41) is 2.60. The average Bonchev–Trinajstić information content (AvgIpc) is 2.85.